The van der Waals surface area contributed by atoms with Crippen molar-refractivity contribution in [3.8, 4) is 0 Å². The Balaban J connectivity index is 3.08. The first kappa shape index (κ1) is 22.9. The fourth-order valence-corrected chi connectivity index (χ4v) is 3.77. The molecule has 1 rings (SSSR count). The van der Waals surface area contributed by atoms with Crippen LogP contribution in [0.1, 0.15) is 31.1 Å². The van der Waals surface area contributed by atoms with Gasteiger partial charge in [0, 0.05) is 20.1 Å². The summed E-state index contributed by atoms with van der Waals surface area (Å²) in [6.07, 6.45) is -1.30. The zero-order chi connectivity index (χ0) is 20.8. The number of hydrogen-bond donors (Lipinski definition) is 2. The summed E-state index contributed by atoms with van der Waals surface area (Å²) in [5.74, 6) is -1.83. The number of esters is 1. The Labute approximate surface area is 163 Å². The number of urea groups is 1. The van der Waals surface area contributed by atoms with Crippen LogP contribution in [0.25, 0.3) is 0 Å². The number of carbonyl (C=O) groups is 3. The molecule has 1 aromatic carbocycles. The van der Waals surface area contributed by atoms with Crippen LogP contribution < -0.4 is 10.6 Å². The molecule has 0 bridgehead atoms. The molecule has 0 radical (unpaired) electrons. The third-order valence-electron chi connectivity index (χ3n) is 3.62. The maximum Gasteiger partial charge on any atom is 0.340 e. The van der Waals surface area contributed by atoms with E-state index in [0.29, 0.717) is 0 Å². The second kappa shape index (κ2) is 9.67. The highest BCUT2D eigenvalue weighted by molar-refractivity contribution is 7.89. The van der Waals surface area contributed by atoms with Gasteiger partial charge in [0.05, 0.1) is 15.5 Å². The molecule has 9 nitrogen and oxygen atoms in total. The Morgan fingerprint density at radius 1 is 1.22 bits per heavy atom. The van der Waals surface area contributed by atoms with E-state index in [4.69, 9.17) is 16.3 Å². The number of ether oxygens (including phenoxy) is 1. The highest BCUT2D eigenvalue weighted by atomic mass is 35.5. The van der Waals surface area contributed by atoms with Crippen LogP contribution in [0, 0.1) is 0 Å². The highest BCUT2D eigenvalue weighted by Gasteiger charge is 2.26. The zero-order valence-electron chi connectivity index (χ0n) is 15.4. The summed E-state index contributed by atoms with van der Waals surface area (Å²) in [4.78, 5) is 35.1. The number of rotatable bonds is 7. The normalized spacial score (nSPS) is 12.4. The van der Waals surface area contributed by atoms with Crippen molar-refractivity contribution in [3.63, 3.8) is 0 Å². The lowest BCUT2D eigenvalue weighted by molar-refractivity contribution is -0.127. The van der Waals surface area contributed by atoms with Crippen LogP contribution in [-0.4, -0.2) is 56.9 Å². The molecule has 150 valence electrons. The van der Waals surface area contributed by atoms with Gasteiger partial charge in [-0.15, -0.1) is 0 Å². The second-order valence-electron chi connectivity index (χ2n) is 5.35. The molecule has 1 unspecified atom stereocenters. The lowest BCUT2D eigenvalue weighted by atomic mass is 10.2. The van der Waals surface area contributed by atoms with E-state index in [2.05, 4.69) is 5.32 Å². The molecule has 0 saturated carbocycles. The standard InChI is InChI=1S/C16H22ClN3O6S/c1-5-20(6-2)27(24,25)11-7-8-13(17)12(9-11)15(22)26-10(3)14(21)19-16(23)18-4/h7-10H,5-6H2,1-4H3,(H2,18,19,21,23). The van der Waals surface area contributed by atoms with Gasteiger partial charge in [-0.1, -0.05) is 25.4 Å². The molecule has 11 heteroatoms. The van der Waals surface area contributed by atoms with Crippen LogP contribution in [-0.2, 0) is 19.6 Å². The Bertz CT molecular complexity index is 823. The molecule has 1 aromatic rings. The number of hydrogen-bond acceptors (Lipinski definition) is 6. The largest absolute Gasteiger partial charge is 0.449 e. The van der Waals surface area contributed by atoms with Gasteiger partial charge < -0.3 is 10.1 Å². The van der Waals surface area contributed by atoms with Crippen molar-refractivity contribution in [3.05, 3.63) is 28.8 Å². The molecule has 27 heavy (non-hydrogen) atoms. The quantitative estimate of drug-likeness (QED) is 0.643. The Kier molecular flexibility index (Phi) is 8.20. The smallest absolute Gasteiger partial charge is 0.340 e. The van der Waals surface area contributed by atoms with E-state index < -0.39 is 34.0 Å². The SMILES string of the molecule is CCN(CC)S(=O)(=O)c1ccc(Cl)c(C(=O)OC(C)C(=O)NC(=O)NC)c1. The maximum absolute atomic E-state index is 12.6. The van der Waals surface area contributed by atoms with Crippen molar-refractivity contribution in [2.45, 2.75) is 31.8 Å². The number of benzene rings is 1. The fourth-order valence-electron chi connectivity index (χ4n) is 2.09. The molecule has 0 aliphatic carbocycles. The van der Waals surface area contributed by atoms with Crippen molar-refractivity contribution in [1.29, 1.82) is 0 Å². The van der Waals surface area contributed by atoms with Gasteiger partial charge in [-0.2, -0.15) is 4.31 Å². The number of nitrogens with zero attached hydrogens (tertiary/aromatic N) is 1. The third-order valence-corrected chi connectivity index (χ3v) is 5.99. The summed E-state index contributed by atoms with van der Waals surface area (Å²) in [6, 6.07) is 2.90. The zero-order valence-corrected chi connectivity index (χ0v) is 17.0. The van der Waals surface area contributed by atoms with Crippen molar-refractivity contribution < 1.29 is 27.5 Å². The van der Waals surface area contributed by atoms with Crippen molar-refractivity contribution in [1.82, 2.24) is 14.9 Å². The van der Waals surface area contributed by atoms with Crippen LogP contribution in [0.5, 0.6) is 0 Å². The van der Waals surface area contributed by atoms with Crippen molar-refractivity contribution in [2.24, 2.45) is 0 Å². The summed E-state index contributed by atoms with van der Waals surface area (Å²) < 4.78 is 31.4. The van der Waals surface area contributed by atoms with Gasteiger partial charge in [0.1, 0.15) is 0 Å². The van der Waals surface area contributed by atoms with E-state index in [0.717, 1.165) is 6.07 Å². The molecule has 2 N–H and O–H groups in total. The molecule has 0 aliphatic rings. The monoisotopic (exact) mass is 419 g/mol. The molecule has 0 fully saturated rings. The lowest BCUT2D eigenvalue weighted by Crippen LogP contribution is -2.43. The van der Waals surface area contributed by atoms with Gasteiger partial charge >= 0.3 is 12.0 Å². The molecule has 0 aromatic heterocycles. The highest BCUT2D eigenvalue weighted by Crippen LogP contribution is 2.24. The summed E-state index contributed by atoms with van der Waals surface area (Å²) in [5, 5.41) is 4.12. The second-order valence-corrected chi connectivity index (χ2v) is 7.69. The van der Waals surface area contributed by atoms with Crippen LogP contribution in [0.2, 0.25) is 5.02 Å². The molecular formula is C16H22ClN3O6S. The summed E-state index contributed by atoms with van der Waals surface area (Å²) >= 11 is 5.98. The summed E-state index contributed by atoms with van der Waals surface area (Å²) in [6.45, 7) is 5.17. The number of imide groups is 1. The Morgan fingerprint density at radius 2 is 1.81 bits per heavy atom. The van der Waals surface area contributed by atoms with Gasteiger partial charge in [0.15, 0.2) is 6.10 Å². The van der Waals surface area contributed by atoms with Crippen LogP contribution in [0.15, 0.2) is 23.1 Å². The summed E-state index contributed by atoms with van der Waals surface area (Å²) in [5.41, 5.74) is -0.204. The molecule has 0 heterocycles. The molecule has 0 spiro atoms. The fraction of sp³-hybridized carbons (Fsp3) is 0.438. The maximum atomic E-state index is 12.6. The van der Waals surface area contributed by atoms with Gasteiger partial charge in [-0.25, -0.2) is 18.0 Å². The molecule has 0 aliphatic heterocycles. The average molecular weight is 420 g/mol. The van der Waals surface area contributed by atoms with Crippen LogP contribution >= 0.6 is 11.6 Å². The molecule has 3 amide bonds. The van der Waals surface area contributed by atoms with Crippen molar-refractivity contribution >= 4 is 39.5 Å². The van der Waals surface area contributed by atoms with Crippen LogP contribution in [0.4, 0.5) is 4.79 Å². The van der Waals surface area contributed by atoms with Gasteiger partial charge in [0.25, 0.3) is 5.91 Å². The predicted molar refractivity (Wildman–Crippen MR) is 99.0 cm³/mol. The van der Waals surface area contributed by atoms with Gasteiger partial charge in [0.2, 0.25) is 10.0 Å². The van der Waals surface area contributed by atoms with Crippen LogP contribution in [0.3, 0.4) is 0 Å². The van der Waals surface area contributed by atoms with E-state index in [-0.39, 0.29) is 28.6 Å². The van der Waals surface area contributed by atoms with Gasteiger partial charge in [-0.3, -0.25) is 10.1 Å². The lowest BCUT2D eigenvalue weighted by Gasteiger charge is -2.19. The minimum absolute atomic E-state index is 0.0302. The minimum atomic E-state index is -3.80. The third kappa shape index (κ3) is 5.65. The minimum Gasteiger partial charge on any atom is -0.449 e. The van der Waals surface area contributed by atoms with E-state index in [1.807, 2.05) is 5.32 Å². The number of nitrogens with one attached hydrogen (secondary N) is 2. The van der Waals surface area contributed by atoms with E-state index in [9.17, 15) is 22.8 Å². The summed E-state index contributed by atoms with van der Waals surface area (Å²) in [7, 11) is -2.48. The first-order chi connectivity index (χ1) is 12.6. The number of carbonyl (C=O) groups excluding carboxylic acids is 3. The molecule has 1 atom stereocenters. The van der Waals surface area contributed by atoms with Crippen molar-refractivity contribution in [2.75, 3.05) is 20.1 Å². The van der Waals surface area contributed by atoms with Gasteiger partial charge in [-0.05, 0) is 25.1 Å². The molecule has 0 saturated heterocycles. The predicted octanol–water partition coefficient (Wildman–Crippen LogP) is 1.37. The Morgan fingerprint density at radius 3 is 2.33 bits per heavy atom. The first-order valence-corrected chi connectivity index (χ1v) is 9.93. The number of amides is 3. The van der Waals surface area contributed by atoms with E-state index in [1.165, 1.54) is 30.4 Å². The topological polar surface area (TPSA) is 122 Å². The van der Waals surface area contributed by atoms with E-state index in [1.54, 1.807) is 13.8 Å². The van der Waals surface area contributed by atoms with E-state index >= 15 is 0 Å². The Hall–Kier alpha value is -2.17. The average Bonchev–Trinajstić information content (AvgIpc) is 2.62. The first-order valence-electron chi connectivity index (χ1n) is 8.11. The molecular weight excluding hydrogens is 398 g/mol. The number of sulfonamides is 1. The number of halogens is 1.